The number of nitrogens with zero attached hydrogens (tertiary/aromatic N) is 1. The molecule has 0 spiro atoms. The van der Waals surface area contributed by atoms with Gasteiger partial charge in [-0.2, -0.15) is 0 Å². The fraction of sp³-hybridized carbons (Fsp3) is 0.350. The van der Waals surface area contributed by atoms with Crippen LogP contribution in [-0.2, 0) is 6.42 Å². The van der Waals surface area contributed by atoms with Crippen molar-refractivity contribution in [2.75, 3.05) is 33.8 Å². The molecule has 0 aliphatic carbocycles. The highest BCUT2D eigenvalue weighted by Crippen LogP contribution is 2.31. The Kier molecular flexibility index (Phi) is 5.56. The Balaban J connectivity index is 1.66. The molecule has 2 aromatic rings. The molecule has 0 radical (unpaired) electrons. The SMILES string of the molecule is CNCCc1ccccc1C(=O)N(C)CC1COc2ccccc2O1. The van der Waals surface area contributed by atoms with Crippen molar-refractivity contribution in [3.8, 4) is 11.5 Å². The van der Waals surface area contributed by atoms with Gasteiger partial charge in [0.15, 0.2) is 17.6 Å². The number of hydrogen-bond donors (Lipinski definition) is 1. The molecule has 1 unspecified atom stereocenters. The average molecular weight is 340 g/mol. The van der Waals surface area contributed by atoms with E-state index in [9.17, 15) is 4.79 Å². The monoisotopic (exact) mass is 340 g/mol. The van der Waals surface area contributed by atoms with E-state index in [1.807, 2.05) is 55.6 Å². The van der Waals surface area contributed by atoms with Crippen LogP contribution < -0.4 is 14.8 Å². The normalized spacial score (nSPS) is 15.7. The molecule has 25 heavy (non-hydrogen) atoms. The maximum Gasteiger partial charge on any atom is 0.254 e. The number of nitrogens with one attached hydrogen (secondary N) is 1. The van der Waals surface area contributed by atoms with Gasteiger partial charge >= 0.3 is 0 Å². The fourth-order valence-corrected chi connectivity index (χ4v) is 2.95. The number of hydrogen-bond acceptors (Lipinski definition) is 4. The van der Waals surface area contributed by atoms with Crippen molar-refractivity contribution in [1.82, 2.24) is 10.2 Å². The van der Waals surface area contributed by atoms with E-state index in [1.54, 1.807) is 11.9 Å². The number of benzene rings is 2. The molecule has 0 aromatic heterocycles. The fourth-order valence-electron chi connectivity index (χ4n) is 2.95. The largest absolute Gasteiger partial charge is 0.486 e. The van der Waals surface area contributed by atoms with Gasteiger partial charge in [-0.15, -0.1) is 0 Å². The van der Waals surface area contributed by atoms with E-state index in [1.165, 1.54) is 0 Å². The van der Waals surface area contributed by atoms with Gasteiger partial charge < -0.3 is 19.7 Å². The summed E-state index contributed by atoms with van der Waals surface area (Å²) in [6, 6.07) is 15.4. The molecule has 0 bridgehead atoms. The standard InChI is InChI=1S/C20H24N2O3/c1-21-12-11-15-7-3-4-8-17(15)20(23)22(2)13-16-14-24-18-9-5-6-10-19(18)25-16/h3-10,16,21H,11-14H2,1-2H3. The molecule has 0 fully saturated rings. The first kappa shape index (κ1) is 17.3. The zero-order valence-electron chi connectivity index (χ0n) is 14.7. The van der Waals surface area contributed by atoms with Gasteiger partial charge in [0.05, 0.1) is 6.54 Å². The third-order valence-electron chi connectivity index (χ3n) is 4.28. The Morgan fingerprint density at radius 1 is 1.16 bits per heavy atom. The minimum absolute atomic E-state index is 0.00848. The first-order valence-corrected chi connectivity index (χ1v) is 8.55. The first-order chi connectivity index (χ1) is 12.2. The molecule has 0 saturated carbocycles. The number of ether oxygens (including phenoxy) is 2. The van der Waals surface area contributed by atoms with E-state index in [0.717, 1.165) is 35.6 Å². The molecule has 1 aliphatic rings. The maximum atomic E-state index is 12.9. The summed E-state index contributed by atoms with van der Waals surface area (Å²) in [4.78, 5) is 14.6. The zero-order chi connectivity index (χ0) is 17.6. The van der Waals surface area contributed by atoms with Crippen molar-refractivity contribution in [1.29, 1.82) is 0 Å². The van der Waals surface area contributed by atoms with Gasteiger partial charge in [0, 0.05) is 12.6 Å². The second-order valence-electron chi connectivity index (χ2n) is 6.19. The Bertz CT molecular complexity index is 732. The predicted molar refractivity (Wildman–Crippen MR) is 97.4 cm³/mol. The number of likely N-dealkylation sites (N-methyl/N-ethyl adjacent to an activating group) is 2. The minimum Gasteiger partial charge on any atom is -0.486 e. The summed E-state index contributed by atoms with van der Waals surface area (Å²) in [6.07, 6.45) is 0.649. The molecule has 1 amide bonds. The van der Waals surface area contributed by atoms with Gasteiger partial charge in [-0.25, -0.2) is 0 Å². The van der Waals surface area contributed by atoms with Gasteiger partial charge in [-0.05, 0) is 43.8 Å². The summed E-state index contributed by atoms with van der Waals surface area (Å²) in [5, 5.41) is 3.13. The molecule has 1 aliphatic heterocycles. The zero-order valence-corrected chi connectivity index (χ0v) is 14.7. The summed E-state index contributed by atoms with van der Waals surface area (Å²) < 4.78 is 11.7. The van der Waals surface area contributed by atoms with Gasteiger partial charge in [-0.3, -0.25) is 4.79 Å². The molecular formula is C20H24N2O3. The van der Waals surface area contributed by atoms with Crippen molar-refractivity contribution in [3.63, 3.8) is 0 Å². The van der Waals surface area contributed by atoms with E-state index in [2.05, 4.69) is 5.32 Å². The second-order valence-corrected chi connectivity index (χ2v) is 6.19. The average Bonchev–Trinajstić information content (AvgIpc) is 2.66. The molecule has 1 N–H and O–H groups in total. The highest BCUT2D eigenvalue weighted by atomic mass is 16.6. The van der Waals surface area contributed by atoms with E-state index in [-0.39, 0.29) is 12.0 Å². The predicted octanol–water partition coefficient (Wildman–Crippen LogP) is 2.36. The van der Waals surface area contributed by atoms with E-state index in [4.69, 9.17) is 9.47 Å². The highest BCUT2D eigenvalue weighted by Gasteiger charge is 2.24. The molecule has 132 valence electrons. The summed E-state index contributed by atoms with van der Waals surface area (Å²) in [5.74, 6) is 1.49. The summed E-state index contributed by atoms with van der Waals surface area (Å²) in [6.45, 7) is 1.76. The molecule has 5 heteroatoms. The number of amides is 1. The number of rotatable bonds is 6. The lowest BCUT2D eigenvalue weighted by Crippen LogP contribution is -2.42. The molecule has 5 nitrogen and oxygen atoms in total. The number of carbonyl (C=O) groups is 1. The van der Waals surface area contributed by atoms with Crippen LogP contribution >= 0.6 is 0 Å². The Hall–Kier alpha value is -2.53. The third-order valence-corrected chi connectivity index (χ3v) is 4.28. The van der Waals surface area contributed by atoms with Gasteiger partial charge in [-0.1, -0.05) is 30.3 Å². The molecule has 0 saturated heterocycles. The molecule has 3 rings (SSSR count). The van der Waals surface area contributed by atoms with Gasteiger partial charge in [0.25, 0.3) is 5.91 Å². The topological polar surface area (TPSA) is 50.8 Å². The second kappa shape index (κ2) is 8.03. The lowest BCUT2D eigenvalue weighted by atomic mass is 10.0. The smallest absolute Gasteiger partial charge is 0.254 e. The lowest BCUT2D eigenvalue weighted by molar-refractivity contribution is 0.0520. The Morgan fingerprint density at radius 2 is 1.88 bits per heavy atom. The Morgan fingerprint density at radius 3 is 2.68 bits per heavy atom. The van der Waals surface area contributed by atoms with Crippen LogP contribution in [0.3, 0.4) is 0 Å². The van der Waals surface area contributed by atoms with Gasteiger partial charge in [0.1, 0.15) is 6.61 Å². The van der Waals surface area contributed by atoms with Crippen molar-refractivity contribution in [2.45, 2.75) is 12.5 Å². The number of para-hydroxylation sites is 2. The van der Waals surface area contributed by atoms with Gasteiger partial charge in [0.2, 0.25) is 0 Å². The summed E-state index contributed by atoms with van der Waals surface area (Å²) in [5.41, 5.74) is 1.80. The van der Waals surface area contributed by atoms with Crippen LogP contribution in [0.4, 0.5) is 0 Å². The molecule has 1 atom stereocenters. The summed E-state index contributed by atoms with van der Waals surface area (Å²) >= 11 is 0. The third kappa shape index (κ3) is 4.12. The molecule has 1 heterocycles. The quantitative estimate of drug-likeness (QED) is 0.877. The van der Waals surface area contributed by atoms with Crippen molar-refractivity contribution in [3.05, 3.63) is 59.7 Å². The first-order valence-electron chi connectivity index (χ1n) is 8.55. The number of carbonyl (C=O) groups excluding carboxylic acids is 1. The van der Waals surface area contributed by atoms with Crippen LogP contribution in [0.1, 0.15) is 15.9 Å². The van der Waals surface area contributed by atoms with Crippen molar-refractivity contribution < 1.29 is 14.3 Å². The minimum atomic E-state index is -0.173. The van der Waals surface area contributed by atoms with Crippen LogP contribution in [0.15, 0.2) is 48.5 Å². The van der Waals surface area contributed by atoms with E-state index >= 15 is 0 Å². The molecule has 2 aromatic carbocycles. The maximum absolute atomic E-state index is 12.9. The van der Waals surface area contributed by atoms with Crippen LogP contribution in [0.5, 0.6) is 11.5 Å². The van der Waals surface area contributed by atoms with Crippen LogP contribution in [-0.4, -0.2) is 50.7 Å². The number of fused-ring (bicyclic) bond motifs is 1. The van der Waals surface area contributed by atoms with E-state index < -0.39 is 0 Å². The Labute approximate surface area is 148 Å². The van der Waals surface area contributed by atoms with Crippen molar-refractivity contribution >= 4 is 5.91 Å². The van der Waals surface area contributed by atoms with Crippen LogP contribution in [0.25, 0.3) is 0 Å². The molecular weight excluding hydrogens is 316 g/mol. The van der Waals surface area contributed by atoms with Crippen LogP contribution in [0, 0.1) is 0 Å². The lowest BCUT2D eigenvalue weighted by Gasteiger charge is -2.30. The summed E-state index contributed by atoms with van der Waals surface area (Å²) in [7, 11) is 3.72. The van der Waals surface area contributed by atoms with E-state index in [0.29, 0.717) is 13.2 Å². The van der Waals surface area contributed by atoms with Crippen LogP contribution in [0.2, 0.25) is 0 Å². The highest BCUT2D eigenvalue weighted by molar-refractivity contribution is 5.95. The van der Waals surface area contributed by atoms with Crippen molar-refractivity contribution in [2.24, 2.45) is 0 Å².